The van der Waals surface area contributed by atoms with Crippen LogP contribution < -0.4 is 15.2 Å². The van der Waals surface area contributed by atoms with Crippen LogP contribution in [0.3, 0.4) is 0 Å². The lowest BCUT2D eigenvalue weighted by Crippen LogP contribution is -2.28. The Morgan fingerprint density at radius 1 is 1.15 bits per heavy atom. The Morgan fingerprint density at radius 3 is 2.41 bits per heavy atom. The Hall–Kier alpha value is -2.98. The Balaban J connectivity index is 1.98. The number of rotatable bonds is 7. The molecular weight excluding hydrogens is 379 g/mol. The van der Waals surface area contributed by atoms with E-state index in [2.05, 4.69) is 5.32 Å². The van der Waals surface area contributed by atoms with Gasteiger partial charge in [-0.3, -0.25) is 4.79 Å². The van der Waals surface area contributed by atoms with E-state index in [9.17, 15) is 22.4 Å². The van der Waals surface area contributed by atoms with Crippen molar-refractivity contribution >= 4 is 21.9 Å². The van der Waals surface area contributed by atoms with Gasteiger partial charge in [0.2, 0.25) is 10.0 Å². The van der Waals surface area contributed by atoms with Gasteiger partial charge < -0.3 is 14.8 Å². The molecule has 0 saturated heterocycles. The van der Waals surface area contributed by atoms with Crippen molar-refractivity contribution in [3.05, 3.63) is 59.4 Å². The van der Waals surface area contributed by atoms with Gasteiger partial charge in [-0.25, -0.2) is 22.7 Å². The van der Waals surface area contributed by atoms with Gasteiger partial charge in [0.1, 0.15) is 17.1 Å². The molecule has 0 spiro atoms. The second-order valence-corrected chi connectivity index (χ2v) is 6.95. The fourth-order valence-electron chi connectivity index (χ4n) is 2.09. The molecule has 8 nitrogen and oxygen atoms in total. The minimum Gasteiger partial charge on any atom is -0.496 e. The number of halogens is 1. The first-order chi connectivity index (χ1) is 12.7. The molecule has 2 aromatic rings. The van der Waals surface area contributed by atoms with Gasteiger partial charge in [-0.15, -0.1) is 0 Å². The van der Waals surface area contributed by atoms with Crippen molar-refractivity contribution in [1.82, 2.24) is 5.32 Å². The third-order valence-corrected chi connectivity index (χ3v) is 4.37. The number of carbonyl (C=O) groups excluding carboxylic acids is 2. The summed E-state index contributed by atoms with van der Waals surface area (Å²) in [5.74, 6) is -1.86. The number of amides is 1. The van der Waals surface area contributed by atoms with Crippen molar-refractivity contribution in [3.63, 3.8) is 0 Å². The summed E-state index contributed by atoms with van der Waals surface area (Å²) in [5.41, 5.74) is 0.481. The predicted molar refractivity (Wildman–Crippen MR) is 92.9 cm³/mol. The lowest BCUT2D eigenvalue weighted by Gasteiger charge is -2.10. The Morgan fingerprint density at radius 2 is 1.81 bits per heavy atom. The average molecular weight is 396 g/mol. The van der Waals surface area contributed by atoms with Crippen LogP contribution in [0.4, 0.5) is 4.39 Å². The highest BCUT2D eigenvalue weighted by Gasteiger charge is 2.19. The summed E-state index contributed by atoms with van der Waals surface area (Å²) in [6.07, 6.45) is 0. The zero-order chi connectivity index (χ0) is 20.0. The van der Waals surface area contributed by atoms with E-state index in [1.165, 1.54) is 43.5 Å². The standard InChI is InChI=1S/C17H17FN2O6S/c1-25-15-7-6-13(27(19,23)24)8-14(15)17(22)26-10-16(21)20-9-11-2-4-12(18)5-3-11/h2-8H,9-10H2,1H3,(H,20,21)(H2,19,23,24). The molecule has 27 heavy (non-hydrogen) atoms. The summed E-state index contributed by atoms with van der Waals surface area (Å²) in [6.45, 7) is -0.469. The van der Waals surface area contributed by atoms with Gasteiger partial charge in [0.15, 0.2) is 6.61 Å². The fraction of sp³-hybridized carbons (Fsp3) is 0.176. The highest BCUT2D eigenvalue weighted by atomic mass is 32.2. The maximum Gasteiger partial charge on any atom is 0.342 e. The summed E-state index contributed by atoms with van der Waals surface area (Å²) < 4.78 is 45.5. The zero-order valence-electron chi connectivity index (χ0n) is 14.3. The minimum atomic E-state index is -4.03. The molecule has 144 valence electrons. The van der Waals surface area contributed by atoms with E-state index in [1.807, 2.05) is 0 Å². The molecule has 10 heteroatoms. The second-order valence-electron chi connectivity index (χ2n) is 5.39. The minimum absolute atomic E-state index is 0.0686. The molecule has 0 aromatic heterocycles. The monoisotopic (exact) mass is 396 g/mol. The summed E-state index contributed by atoms with van der Waals surface area (Å²) in [4.78, 5) is 23.7. The van der Waals surface area contributed by atoms with Gasteiger partial charge in [0.05, 0.1) is 12.0 Å². The molecular formula is C17H17FN2O6S. The predicted octanol–water partition coefficient (Wildman–Crippen LogP) is 0.955. The molecule has 0 atom stereocenters. The molecule has 0 heterocycles. The van der Waals surface area contributed by atoms with E-state index in [0.29, 0.717) is 5.56 Å². The lowest BCUT2D eigenvalue weighted by molar-refractivity contribution is -0.124. The fourth-order valence-corrected chi connectivity index (χ4v) is 2.63. The molecule has 0 aliphatic heterocycles. The van der Waals surface area contributed by atoms with Crippen molar-refractivity contribution < 1.29 is 31.9 Å². The highest BCUT2D eigenvalue weighted by Crippen LogP contribution is 2.22. The van der Waals surface area contributed by atoms with Crippen LogP contribution in [0.1, 0.15) is 15.9 Å². The van der Waals surface area contributed by atoms with Gasteiger partial charge in [-0.2, -0.15) is 0 Å². The SMILES string of the molecule is COc1ccc(S(N)(=O)=O)cc1C(=O)OCC(=O)NCc1ccc(F)cc1. The van der Waals surface area contributed by atoms with Gasteiger partial charge in [-0.05, 0) is 35.9 Å². The van der Waals surface area contributed by atoms with Crippen molar-refractivity contribution in [2.75, 3.05) is 13.7 Å². The van der Waals surface area contributed by atoms with Gasteiger partial charge in [0, 0.05) is 6.54 Å². The normalized spacial score (nSPS) is 10.9. The highest BCUT2D eigenvalue weighted by molar-refractivity contribution is 7.89. The molecule has 0 radical (unpaired) electrons. The van der Waals surface area contributed by atoms with E-state index in [4.69, 9.17) is 14.6 Å². The van der Waals surface area contributed by atoms with Crippen LogP contribution in [0.5, 0.6) is 5.75 Å². The van der Waals surface area contributed by atoms with E-state index >= 15 is 0 Å². The number of esters is 1. The first-order valence-corrected chi connectivity index (χ1v) is 9.14. The second kappa shape index (κ2) is 8.60. The first kappa shape index (κ1) is 20.3. The van der Waals surface area contributed by atoms with Crippen LogP contribution in [-0.2, 0) is 26.1 Å². The van der Waals surface area contributed by atoms with Crippen molar-refractivity contribution in [2.24, 2.45) is 5.14 Å². The average Bonchev–Trinajstić information content (AvgIpc) is 2.64. The Bertz CT molecular complexity index is 944. The van der Waals surface area contributed by atoms with Crippen LogP contribution in [0, 0.1) is 5.82 Å². The maximum absolute atomic E-state index is 12.8. The van der Waals surface area contributed by atoms with E-state index in [0.717, 1.165) is 6.07 Å². The van der Waals surface area contributed by atoms with Crippen LogP contribution in [0.25, 0.3) is 0 Å². The smallest absolute Gasteiger partial charge is 0.342 e. The van der Waals surface area contributed by atoms with E-state index in [1.54, 1.807) is 0 Å². The topological polar surface area (TPSA) is 125 Å². The third kappa shape index (κ3) is 5.76. The number of nitrogens with one attached hydrogen (secondary N) is 1. The van der Waals surface area contributed by atoms with Crippen molar-refractivity contribution in [1.29, 1.82) is 0 Å². The Kier molecular flexibility index (Phi) is 6.48. The molecule has 1 amide bonds. The molecule has 0 aliphatic carbocycles. The maximum atomic E-state index is 12.8. The van der Waals surface area contributed by atoms with Crippen LogP contribution in [-0.4, -0.2) is 34.0 Å². The van der Waals surface area contributed by atoms with Crippen LogP contribution >= 0.6 is 0 Å². The molecule has 0 unspecified atom stereocenters. The number of hydrogen-bond donors (Lipinski definition) is 2. The number of nitrogens with two attached hydrogens (primary N) is 1. The van der Waals surface area contributed by atoms with Gasteiger partial charge >= 0.3 is 5.97 Å². The summed E-state index contributed by atoms with van der Waals surface area (Å²) in [7, 11) is -2.74. The molecule has 0 bridgehead atoms. The quantitative estimate of drug-likeness (QED) is 0.672. The molecule has 3 N–H and O–H groups in total. The number of sulfonamides is 1. The molecule has 2 rings (SSSR count). The largest absolute Gasteiger partial charge is 0.496 e. The number of methoxy groups -OCH3 is 1. The molecule has 2 aromatic carbocycles. The van der Waals surface area contributed by atoms with Crippen molar-refractivity contribution in [2.45, 2.75) is 11.4 Å². The number of primary sulfonamides is 1. The summed E-state index contributed by atoms with van der Waals surface area (Å²) >= 11 is 0. The number of benzene rings is 2. The lowest BCUT2D eigenvalue weighted by atomic mass is 10.2. The zero-order valence-corrected chi connectivity index (χ0v) is 15.1. The van der Waals surface area contributed by atoms with E-state index in [-0.39, 0.29) is 22.8 Å². The number of hydrogen-bond acceptors (Lipinski definition) is 6. The molecule has 0 aliphatic rings. The molecule has 0 saturated carbocycles. The summed E-state index contributed by atoms with van der Waals surface area (Å²) in [6, 6.07) is 8.97. The van der Waals surface area contributed by atoms with Crippen LogP contribution in [0.2, 0.25) is 0 Å². The van der Waals surface area contributed by atoms with Crippen LogP contribution in [0.15, 0.2) is 47.4 Å². The van der Waals surface area contributed by atoms with Crippen molar-refractivity contribution in [3.8, 4) is 5.75 Å². The van der Waals surface area contributed by atoms with Gasteiger partial charge in [0.25, 0.3) is 5.91 Å². The van der Waals surface area contributed by atoms with E-state index < -0.39 is 34.3 Å². The number of carbonyl (C=O) groups is 2. The first-order valence-electron chi connectivity index (χ1n) is 7.60. The van der Waals surface area contributed by atoms with Gasteiger partial charge in [-0.1, -0.05) is 12.1 Å². The summed E-state index contributed by atoms with van der Waals surface area (Å²) in [5, 5.41) is 7.54. The Labute approximate surface area is 155 Å². The molecule has 0 fully saturated rings. The third-order valence-electron chi connectivity index (χ3n) is 3.46. The number of ether oxygens (including phenoxy) is 2.